The SMILES string of the molecule is CC(C)(C)NC(=O)CNC1CC(c2ccc(F)cc2)C1. The van der Waals surface area contributed by atoms with Crippen LogP contribution in [0.2, 0.25) is 0 Å². The fourth-order valence-corrected chi connectivity index (χ4v) is 2.49. The van der Waals surface area contributed by atoms with Crippen LogP contribution in [0.1, 0.15) is 45.1 Å². The highest BCUT2D eigenvalue weighted by atomic mass is 19.1. The molecule has 0 heterocycles. The maximum absolute atomic E-state index is 12.8. The summed E-state index contributed by atoms with van der Waals surface area (Å²) in [6, 6.07) is 7.10. The summed E-state index contributed by atoms with van der Waals surface area (Å²) >= 11 is 0. The van der Waals surface area contributed by atoms with Crippen LogP contribution in [0.3, 0.4) is 0 Å². The molecule has 0 radical (unpaired) electrons. The van der Waals surface area contributed by atoms with Gasteiger partial charge in [-0.25, -0.2) is 4.39 Å². The summed E-state index contributed by atoms with van der Waals surface area (Å²) in [7, 11) is 0. The monoisotopic (exact) mass is 278 g/mol. The largest absolute Gasteiger partial charge is 0.350 e. The van der Waals surface area contributed by atoms with E-state index in [9.17, 15) is 9.18 Å². The molecule has 0 atom stereocenters. The molecule has 4 heteroatoms. The van der Waals surface area contributed by atoms with Crippen molar-refractivity contribution in [1.82, 2.24) is 10.6 Å². The highest BCUT2D eigenvalue weighted by Crippen LogP contribution is 2.36. The fraction of sp³-hybridized carbons (Fsp3) is 0.562. The van der Waals surface area contributed by atoms with Gasteiger partial charge in [-0.05, 0) is 57.2 Å². The molecule has 110 valence electrons. The van der Waals surface area contributed by atoms with Crippen molar-refractivity contribution in [3.8, 4) is 0 Å². The van der Waals surface area contributed by atoms with Gasteiger partial charge in [-0.1, -0.05) is 12.1 Å². The average molecular weight is 278 g/mol. The lowest BCUT2D eigenvalue weighted by Gasteiger charge is -2.36. The van der Waals surface area contributed by atoms with Crippen molar-refractivity contribution in [2.24, 2.45) is 0 Å². The van der Waals surface area contributed by atoms with Gasteiger partial charge in [0.1, 0.15) is 5.82 Å². The number of benzene rings is 1. The van der Waals surface area contributed by atoms with Crippen molar-refractivity contribution in [1.29, 1.82) is 0 Å². The summed E-state index contributed by atoms with van der Waals surface area (Å²) in [6.07, 6.45) is 2.02. The second-order valence-corrected chi connectivity index (χ2v) is 6.60. The molecule has 1 aliphatic carbocycles. The molecular formula is C16H23FN2O. The van der Waals surface area contributed by atoms with Gasteiger partial charge < -0.3 is 10.6 Å². The lowest BCUT2D eigenvalue weighted by Crippen LogP contribution is -2.49. The smallest absolute Gasteiger partial charge is 0.234 e. The molecule has 2 N–H and O–H groups in total. The Hall–Kier alpha value is -1.42. The van der Waals surface area contributed by atoms with Gasteiger partial charge in [0, 0.05) is 11.6 Å². The lowest BCUT2D eigenvalue weighted by atomic mass is 9.76. The molecule has 1 aromatic rings. The minimum atomic E-state index is -0.193. The van der Waals surface area contributed by atoms with E-state index in [4.69, 9.17) is 0 Å². The quantitative estimate of drug-likeness (QED) is 0.889. The summed E-state index contributed by atoms with van der Waals surface area (Å²) in [5.41, 5.74) is 0.998. The van der Waals surface area contributed by atoms with Gasteiger partial charge in [0.15, 0.2) is 0 Å². The van der Waals surface area contributed by atoms with E-state index in [1.807, 2.05) is 32.9 Å². The van der Waals surface area contributed by atoms with Crippen LogP contribution in [0.5, 0.6) is 0 Å². The van der Waals surface area contributed by atoms with Crippen LogP contribution in [0.4, 0.5) is 4.39 Å². The van der Waals surface area contributed by atoms with Gasteiger partial charge >= 0.3 is 0 Å². The molecule has 1 amide bonds. The molecule has 20 heavy (non-hydrogen) atoms. The first kappa shape index (κ1) is 15.0. The van der Waals surface area contributed by atoms with Crippen LogP contribution in [0.25, 0.3) is 0 Å². The number of hydrogen-bond donors (Lipinski definition) is 2. The maximum Gasteiger partial charge on any atom is 0.234 e. The summed E-state index contributed by atoms with van der Waals surface area (Å²) < 4.78 is 12.8. The fourth-order valence-electron chi connectivity index (χ4n) is 2.49. The Bertz CT molecular complexity index is 458. The van der Waals surface area contributed by atoms with E-state index in [1.54, 1.807) is 0 Å². The number of carbonyl (C=O) groups is 1. The van der Waals surface area contributed by atoms with Gasteiger partial charge in [-0.3, -0.25) is 4.79 Å². The van der Waals surface area contributed by atoms with Crippen LogP contribution in [-0.2, 0) is 4.79 Å². The first-order valence-electron chi connectivity index (χ1n) is 7.13. The van der Waals surface area contributed by atoms with Gasteiger partial charge in [-0.2, -0.15) is 0 Å². The zero-order chi connectivity index (χ0) is 14.8. The zero-order valence-electron chi connectivity index (χ0n) is 12.4. The second kappa shape index (κ2) is 5.92. The molecule has 2 rings (SSSR count). The predicted molar refractivity (Wildman–Crippen MR) is 78.1 cm³/mol. The minimum absolute atomic E-state index is 0.0303. The third-order valence-electron chi connectivity index (χ3n) is 3.55. The van der Waals surface area contributed by atoms with Gasteiger partial charge in [-0.15, -0.1) is 0 Å². The zero-order valence-corrected chi connectivity index (χ0v) is 12.4. The third kappa shape index (κ3) is 4.30. The molecule has 0 bridgehead atoms. The van der Waals surface area contributed by atoms with Crippen molar-refractivity contribution < 1.29 is 9.18 Å². The van der Waals surface area contributed by atoms with Gasteiger partial charge in [0.2, 0.25) is 5.91 Å². The Morgan fingerprint density at radius 3 is 2.40 bits per heavy atom. The van der Waals surface area contributed by atoms with Crippen molar-refractivity contribution in [3.05, 3.63) is 35.6 Å². The third-order valence-corrected chi connectivity index (χ3v) is 3.55. The molecule has 3 nitrogen and oxygen atoms in total. The highest BCUT2D eigenvalue weighted by Gasteiger charge is 2.30. The van der Waals surface area contributed by atoms with Gasteiger partial charge in [0.25, 0.3) is 0 Å². The van der Waals surface area contributed by atoms with Crippen molar-refractivity contribution in [2.45, 2.75) is 51.1 Å². The van der Waals surface area contributed by atoms with E-state index in [1.165, 1.54) is 17.7 Å². The molecule has 1 aromatic carbocycles. The molecule has 0 saturated heterocycles. The molecule has 1 aliphatic rings. The standard InChI is InChI=1S/C16H23FN2O/c1-16(2,3)19-15(20)10-18-14-8-12(9-14)11-4-6-13(17)7-5-11/h4-7,12,14,18H,8-10H2,1-3H3,(H,19,20). The Labute approximate surface area is 120 Å². The highest BCUT2D eigenvalue weighted by molar-refractivity contribution is 5.78. The van der Waals surface area contributed by atoms with E-state index in [-0.39, 0.29) is 17.3 Å². The Morgan fingerprint density at radius 2 is 1.85 bits per heavy atom. The van der Waals surface area contributed by atoms with Crippen molar-refractivity contribution >= 4 is 5.91 Å². The summed E-state index contributed by atoms with van der Waals surface area (Å²) in [5, 5.41) is 6.20. The van der Waals surface area contributed by atoms with Crippen LogP contribution < -0.4 is 10.6 Å². The van der Waals surface area contributed by atoms with Gasteiger partial charge in [0.05, 0.1) is 6.54 Å². The van der Waals surface area contributed by atoms with E-state index in [0.29, 0.717) is 18.5 Å². The predicted octanol–water partition coefficient (Wildman–Crippen LogP) is 2.58. The number of nitrogens with one attached hydrogen (secondary N) is 2. The normalized spacial score (nSPS) is 22.2. The molecular weight excluding hydrogens is 255 g/mol. The van der Waals surface area contributed by atoms with E-state index in [0.717, 1.165) is 12.8 Å². The van der Waals surface area contributed by atoms with E-state index in [2.05, 4.69) is 10.6 Å². The number of rotatable bonds is 4. The summed E-state index contributed by atoms with van der Waals surface area (Å²) in [4.78, 5) is 11.7. The average Bonchev–Trinajstić information content (AvgIpc) is 2.27. The molecule has 0 spiro atoms. The maximum atomic E-state index is 12.8. The second-order valence-electron chi connectivity index (χ2n) is 6.60. The topological polar surface area (TPSA) is 41.1 Å². The first-order valence-corrected chi connectivity index (χ1v) is 7.13. The first-order chi connectivity index (χ1) is 9.33. The van der Waals surface area contributed by atoms with Crippen LogP contribution >= 0.6 is 0 Å². The number of halogens is 1. The van der Waals surface area contributed by atoms with E-state index < -0.39 is 0 Å². The Kier molecular flexibility index (Phi) is 4.43. The molecule has 0 aliphatic heterocycles. The van der Waals surface area contributed by atoms with Crippen molar-refractivity contribution in [3.63, 3.8) is 0 Å². The van der Waals surface area contributed by atoms with Crippen LogP contribution in [0.15, 0.2) is 24.3 Å². The summed E-state index contributed by atoms with van der Waals surface area (Å²) in [6.45, 7) is 6.27. The molecule has 0 unspecified atom stereocenters. The Morgan fingerprint density at radius 1 is 1.25 bits per heavy atom. The summed E-state index contributed by atoms with van der Waals surface area (Å²) in [5.74, 6) is 0.322. The molecule has 1 saturated carbocycles. The minimum Gasteiger partial charge on any atom is -0.350 e. The van der Waals surface area contributed by atoms with Crippen molar-refractivity contribution in [2.75, 3.05) is 6.54 Å². The van der Waals surface area contributed by atoms with Crippen LogP contribution in [-0.4, -0.2) is 24.0 Å². The lowest BCUT2D eigenvalue weighted by molar-refractivity contribution is -0.121. The molecule has 1 fully saturated rings. The number of amides is 1. The van der Waals surface area contributed by atoms with E-state index >= 15 is 0 Å². The number of carbonyl (C=O) groups excluding carboxylic acids is 1. The Balaban J connectivity index is 1.69. The number of hydrogen-bond acceptors (Lipinski definition) is 2. The van der Waals surface area contributed by atoms with Crippen LogP contribution in [0, 0.1) is 5.82 Å². The molecule has 0 aromatic heterocycles.